The zero-order valence-electron chi connectivity index (χ0n) is 13.0. The third-order valence-electron chi connectivity index (χ3n) is 3.55. The standard InChI is InChI=1S/C18H18N2O2S/c1-12(17-10-13-6-3-4-9-16(13)22-17)19-18(23)20-14-7-5-8-15(11-14)21-2/h3-12H,1-2H3,(H2,19,20,23)/t12-/m0/s1. The Balaban J connectivity index is 1.66. The summed E-state index contributed by atoms with van der Waals surface area (Å²) in [5.41, 5.74) is 1.75. The van der Waals surface area contributed by atoms with Crippen molar-refractivity contribution in [3.63, 3.8) is 0 Å². The lowest BCUT2D eigenvalue weighted by Gasteiger charge is -2.15. The first-order valence-corrected chi connectivity index (χ1v) is 7.76. The molecule has 1 heterocycles. The van der Waals surface area contributed by atoms with Crippen LogP contribution in [0.2, 0.25) is 0 Å². The number of thiocarbonyl (C=S) groups is 1. The fourth-order valence-corrected chi connectivity index (χ4v) is 2.65. The molecule has 0 aliphatic carbocycles. The average molecular weight is 326 g/mol. The van der Waals surface area contributed by atoms with Crippen molar-refractivity contribution < 1.29 is 9.15 Å². The van der Waals surface area contributed by atoms with E-state index in [0.29, 0.717) is 5.11 Å². The number of methoxy groups -OCH3 is 1. The third kappa shape index (κ3) is 3.63. The molecule has 23 heavy (non-hydrogen) atoms. The van der Waals surface area contributed by atoms with Crippen LogP contribution in [0.4, 0.5) is 5.69 Å². The fraction of sp³-hybridized carbons (Fsp3) is 0.167. The van der Waals surface area contributed by atoms with Gasteiger partial charge in [0.1, 0.15) is 17.1 Å². The molecule has 4 nitrogen and oxygen atoms in total. The van der Waals surface area contributed by atoms with Crippen molar-refractivity contribution in [1.29, 1.82) is 0 Å². The van der Waals surface area contributed by atoms with Gasteiger partial charge < -0.3 is 19.8 Å². The molecule has 0 unspecified atom stereocenters. The molecule has 0 aliphatic rings. The molecule has 0 amide bonds. The van der Waals surface area contributed by atoms with E-state index in [9.17, 15) is 0 Å². The Bertz CT molecular complexity index is 796. The molecule has 0 saturated heterocycles. The summed E-state index contributed by atoms with van der Waals surface area (Å²) in [7, 11) is 1.64. The highest BCUT2D eigenvalue weighted by Crippen LogP contribution is 2.23. The Morgan fingerprint density at radius 2 is 1.96 bits per heavy atom. The van der Waals surface area contributed by atoms with Gasteiger partial charge in [0.25, 0.3) is 0 Å². The van der Waals surface area contributed by atoms with E-state index in [1.165, 1.54) is 0 Å². The third-order valence-corrected chi connectivity index (χ3v) is 3.77. The van der Waals surface area contributed by atoms with Crippen LogP contribution in [0.15, 0.2) is 59.0 Å². The second kappa shape index (κ2) is 6.71. The molecule has 0 radical (unpaired) electrons. The molecule has 2 aromatic carbocycles. The van der Waals surface area contributed by atoms with Crippen LogP contribution in [-0.2, 0) is 0 Å². The Morgan fingerprint density at radius 1 is 1.13 bits per heavy atom. The number of benzene rings is 2. The van der Waals surface area contributed by atoms with Crippen molar-refractivity contribution in [2.24, 2.45) is 0 Å². The van der Waals surface area contributed by atoms with E-state index in [0.717, 1.165) is 28.2 Å². The Hall–Kier alpha value is -2.53. The van der Waals surface area contributed by atoms with Crippen LogP contribution in [-0.4, -0.2) is 12.2 Å². The first kappa shape index (κ1) is 15.4. The largest absolute Gasteiger partial charge is 0.497 e. The minimum Gasteiger partial charge on any atom is -0.497 e. The average Bonchev–Trinajstić information content (AvgIpc) is 2.99. The minimum absolute atomic E-state index is 0.0343. The number of para-hydroxylation sites is 1. The molecule has 0 bridgehead atoms. The lowest BCUT2D eigenvalue weighted by molar-refractivity contribution is 0.415. The predicted octanol–water partition coefficient (Wildman–Crippen LogP) is 4.49. The van der Waals surface area contributed by atoms with Gasteiger partial charge in [-0.25, -0.2) is 0 Å². The van der Waals surface area contributed by atoms with Gasteiger partial charge in [-0.1, -0.05) is 24.3 Å². The summed E-state index contributed by atoms with van der Waals surface area (Å²) >= 11 is 5.37. The maximum absolute atomic E-state index is 5.85. The summed E-state index contributed by atoms with van der Waals surface area (Å²) in [6.45, 7) is 2.01. The number of ether oxygens (including phenoxy) is 1. The number of fused-ring (bicyclic) bond motifs is 1. The van der Waals surface area contributed by atoms with Gasteiger partial charge >= 0.3 is 0 Å². The maximum atomic E-state index is 5.85. The van der Waals surface area contributed by atoms with Gasteiger partial charge in [0.15, 0.2) is 5.11 Å². The molecule has 1 aromatic heterocycles. The zero-order chi connectivity index (χ0) is 16.2. The molecule has 1 atom stereocenters. The van der Waals surface area contributed by atoms with Crippen molar-refractivity contribution in [3.05, 3.63) is 60.4 Å². The lowest BCUT2D eigenvalue weighted by Crippen LogP contribution is -2.30. The van der Waals surface area contributed by atoms with E-state index in [4.69, 9.17) is 21.4 Å². The molecule has 0 aliphatic heterocycles. The SMILES string of the molecule is COc1cccc(NC(=S)N[C@@H](C)c2cc3ccccc3o2)c1. The quantitative estimate of drug-likeness (QED) is 0.692. The molecular formula is C18H18N2O2S. The summed E-state index contributed by atoms with van der Waals surface area (Å²) in [4.78, 5) is 0. The van der Waals surface area contributed by atoms with Crippen LogP contribution in [0.5, 0.6) is 5.75 Å². The number of anilines is 1. The van der Waals surface area contributed by atoms with Crippen LogP contribution in [0, 0.1) is 0 Å². The normalized spacial score (nSPS) is 11.9. The molecule has 3 rings (SSSR count). The summed E-state index contributed by atoms with van der Waals surface area (Å²) in [6.07, 6.45) is 0. The summed E-state index contributed by atoms with van der Waals surface area (Å²) in [5.74, 6) is 1.63. The molecule has 3 aromatic rings. The minimum atomic E-state index is -0.0343. The Kier molecular flexibility index (Phi) is 4.48. The fourth-order valence-electron chi connectivity index (χ4n) is 2.35. The van der Waals surface area contributed by atoms with Gasteiger partial charge in [0.2, 0.25) is 0 Å². The maximum Gasteiger partial charge on any atom is 0.171 e. The second-order valence-electron chi connectivity index (χ2n) is 5.24. The van der Waals surface area contributed by atoms with Crippen molar-refractivity contribution in [2.75, 3.05) is 12.4 Å². The number of rotatable bonds is 4. The van der Waals surface area contributed by atoms with Crippen molar-refractivity contribution in [3.8, 4) is 5.75 Å². The number of furan rings is 1. The number of hydrogen-bond acceptors (Lipinski definition) is 3. The molecule has 0 saturated carbocycles. The molecule has 2 N–H and O–H groups in total. The zero-order valence-corrected chi connectivity index (χ0v) is 13.8. The lowest BCUT2D eigenvalue weighted by atomic mass is 10.2. The van der Waals surface area contributed by atoms with Crippen LogP contribution < -0.4 is 15.4 Å². The van der Waals surface area contributed by atoms with Crippen LogP contribution in [0.25, 0.3) is 11.0 Å². The van der Waals surface area contributed by atoms with Gasteiger partial charge in [0.05, 0.1) is 13.2 Å². The highest BCUT2D eigenvalue weighted by Gasteiger charge is 2.12. The van der Waals surface area contributed by atoms with E-state index < -0.39 is 0 Å². The first-order valence-electron chi connectivity index (χ1n) is 7.36. The predicted molar refractivity (Wildman–Crippen MR) is 97.0 cm³/mol. The van der Waals surface area contributed by atoms with Crippen molar-refractivity contribution in [1.82, 2.24) is 5.32 Å². The van der Waals surface area contributed by atoms with E-state index in [-0.39, 0.29) is 6.04 Å². The highest BCUT2D eigenvalue weighted by atomic mass is 32.1. The van der Waals surface area contributed by atoms with Crippen molar-refractivity contribution in [2.45, 2.75) is 13.0 Å². The molecular weight excluding hydrogens is 308 g/mol. The van der Waals surface area contributed by atoms with E-state index in [1.807, 2.05) is 61.5 Å². The van der Waals surface area contributed by atoms with Crippen LogP contribution >= 0.6 is 12.2 Å². The molecule has 5 heteroatoms. The van der Waals surface area contributed by atoms with E-state index >= 15 is 0 Å². The highest BCUT2D eigenvalue weighted by molar-refractivity contribution is 7.80. The smallest absolute Gasteiger partial charge is 0.171 e. The van der Waals surface area contributed by atoms with Crippen LogP contribution in [0.3, 0.4) is 0 Å². The summed E-state index contributed by atoms with van der Waals surface area (Å²) in [6, 6.07) is 17.6. The molecule has 118 valence electrons. The summed E-state index contributed by atoms with van der Waals surface area (Å²) in [5, 5.41) is 8.00. The van der Waals surface area contributed by atoms with Gasteiger partial charge in [-0.3, -0.25) is 0 Å². The van der Waals surface area contributed by atoms with Gasteiger partial charge in [-0.15, -0.1) is 0 Å². The van der Waals surface area contributed by atoms with E-state index in [2.05, 4.69) is 10.6 Å². The van der Waals surface area contributed by atoms with Gasteiger partial charge in [0, 0.05) is 17.1 Å². The second-order valence-corrected chi connectivity index (χ2v) is 5.65. The monoisotopic (exact) mass is 326 g/mol. The van der Waals surface area contributed by atoms with Gasteiger partial charge in [-0.05, 0) is 43.4 Å². The molecule has 0 fully saturated rings. The van der Waals surface area contributed by atoms with Crippen LogP contribution in [0.1, 0.15) is 18.7 Å². The first-order chi connectivity index (χ1) is 11.2. The van der Waals surface area contributed by atoms with Crippen molar-refractivity contribution >= 4 is 34.0 Å². The Labute approximate surface area is 140 Å². The van der Waals surface area contributed by atoms with Gasteiger partial charge in [-0.2, -0.15) is 0 Å². The topological polar surface area (TPSA) is 46.4 Å². The summed E-state index contributed by atoms with van der Waals surface area (Å²) < 4.78 is 11.0. The van der Waals surface area contributed by atoms with E-state index in [1.54, 1.807) is 7.11 Å². The Morgan fingerprint density at radius 3 is 2.74 bits per heavy atom. The number of nitrogens with one attached hydrogen (secondary N) is 2. The number of hydrogen-bond donors (Lipinski definition) is 2. The molecule has 0 spiro atoms.